The fraction of sp³-hybridized carbons (Fsp3) is 0.333. The highest BCUT2D eigenvalue weighted by molar-refractivity contribution is 6.28. The zero-order valence-electron chi connectivity index (χ0n) is 10.0. The van der Waals surface area contributed by atoms with Crippen molar-refractivity contribution >= 4 is 29.2 Å². The predicted octanol–water partition coefficient (Wildman–Crippen LogP) is 1.76. The Morgan fingerprint density at radius 1 is 1.33 bits per heavy atom. The fourth-order valence-electron chi connectivity index (χ4n) is 1.39. The number of halogens is 1. The zero-order chi connectivity index (χ0) is 13.4. The summed E-state index contributed by atoms with van der Waals surface area (Å²) in [5.41, 5.74) is 1.59. The largest absolute Gasteiger partial charge is 0.384 e. The van der Waals surface area contributed by atoms with Crippen LogP contribution in [0.3, 0.4) is 0 Å². The van der Waals surface area contributed by atoms with Crippen molar-refractivity contribution in [2.45, 2.75) is 6.42 Å². The van der Waals surface area contributed by atoms with Gasteiger partial charge in [0.05, 0.1) is 6.61 Å². The van der Waals surface area contributed by atoms with Gasteiger partial charge in [-0.3, -0.25) is 10.1 Å². The molecule has 5 nitrogen and oxygen atoms in total. The zero-order valence-corrected chi connectivity index (χ0v) is 10.8. The summed E-state index contributed by atoms with van der Waals surface area (Å²) < 4.78 is 4.99. The van der Waals surface area contributed by atoms with Gasteiger partial charge in [0.1, 0.15) is 5.88 Å². The molecule has 98 valence electrons. The molecule has 0 fully saturated rings. The Hall–Kier alpha value is -1.59. The van der Waals surface area contributed by atoms with Gasteiger partial charge in [-0.25, -0.2) is 4.79 Å². The van der Waals surface area contributed by atoms with E-state index >= 15 is 0 Å². The Morgan fingerprint density at radius 2 is 2.06 bits per heavy atom. The van der Waals surface area contributed by atoms with Crippen LogP contribution >= 0.6 is 11.6 Å². The standard InChI is InChI=1S/C12H15ClN2O3/c1-18-7-6-9-4-2-3-5-10(9)14-12(17)15-11(16)8-13/h2-5H,6-8H2,1H3,(H2,14,15,16,17). The SMILES string of the molecule is COCCc1ccccc1NC(=O)NC(=O)CCl. The molecule has 0 aliphatic rings. The number of carbonyl (C=O) groups excluding carboxylic acids is 2. The van der Waals surface area contributed by atoms with E-state index in [1.807, 2.05) is 12.1 Å². The summed E-state index contributed by atoms with van der Waals surface area (Å²) >= 11 is 5.29. The third-order valence-corrected chi connectivity index (χ3v) is 2.46. The highest BCUT2D eigenvalue weighted by Gasteiger charge is 2.08. The van der Waals surface area contributed by atoms with Crippen LogP contribution in [0.4, 0.5) is 10.5 Å². The van der Waals surface area contributed by atoms with Crippen LogP contribution in [0.15, 0.2) is 24.3 Å². The molecule has 2 N–H and O–H groups in total. The number of imide groups is 1. The van der Waals surface area contributed by atoms with Crippen molar-refractivity contribution in [1.29, 1.82) is 0 Å². The molecule has 0 bridgehead atoms. The van der Waals surface area contributed by atoms with Crippen molar-refractivity contribution in [2.75, 3.05) is 24.9 Å². The maximum Gasteiger partial charge on any atom is 0.325 e. The molecule has 0 saturated carbocycles. The summed E-state index contributed by atoms with van der Waals surface area (Å²) in [5, 5.41) is 4.71. The van der Waals surface area contributed by atoms with Crippen LogP contribution in [0.2, 0.25) is 0 Å². The number of alkyl halides is 1. The molecule has 0 heterocycles. The maximum atomic E-state index is 11.5. The molecule has 18 heavy (non-hydrogen) atoms. The number of rotatable bonds is 5. The van der Waals surface area contributed by atoms with Crippen LogP contribution in [0, 0.1) is 0 Å². The highest BCUT2D eigenvalue weighted by atomic mass is 35.5. The predicted molar refractivity (Wildman–Crippen MR) is 69.9 cm³/mol. The molecule has 0 unspecified atom stereocenters. The van der Waals surface area contributed by atoms with Gasteiger partial charge in [0.25, 0.3) is 0 Å². The van der Waals surface area contributed by atoms with Gasteiger partial charge in [-0.15, -0.1) is 11.6 Å². The number of amides is 3. The van der Waals surface area contributed by atoms with Crippen molar-refractivity contribution < 1.29 is 14.3 Å². The molecule has 0 aromatic heterocycles. The Labute approximate surface area is 110 Å². The number of hydrogen-bond donors (Lipinski definition) is 2. The smallest absolute Gasteiger partial charge is 0.325 e. The molecule has 0 aliphatic heterocycles. The number of urea groups is 1. The molecule has 0 atom stereocenters. The molecule has 0 saturated heterocycles. The molecule has 3 amide bonds. The van der Waals surface area contributed by atoms with Gasteiger partial charge in [-0.2, -0.15) is 0 Å². The third kappa shape index (κ3) is 4.73. The van der Waals surface area contributed by atoms with Gasteiger partial charge in [-0.05, 0) is 18.1 Å². The second kappa shape index (κ2) is 7.68. The molecule has 1 aromatic carbocycles. The van der Waals surface area contributed by atoms with Crippen LogP contribution in [0.25, 0.3) is 0 Å². The fourth-order valence-corrected chi connectivity index (χ4v) is 1.45. The second-order valence-corrected chi connectivity index (χ2v) is 3.80. The van der Waals surface area contributed by atoms with E-state index in [9.17, 15) is 9.59 Å². The van der Waals surface area contributed by atoms with Gasteiger partial charge in [0, 0.05) is 12.8 Å². The van der Waals surface area contributed by atoms with Crippen molar-refractivity contribution in [2.24, 2.45) is 0 Å². The lowest BCUT2D eigenvalue weighted by atomic mass is 10.1. The van der Waals surface area contributed by atoms with E-state index in [0.29, 0.717) is 18.7 Å². The first-order valence-corrected chi connectivity index (χ1v) is 5.94. The van der Waals surface area contributed by atoms with Gasteiger partial charge in [-0.1, -0.05) is 18.2 Å². The van der Waals surface area contributed by atoms with Crippen molar-refractivity contribution in [1.82, 2.24) is 5.32 Å². The molecule has 1 rings (SSSR count). The second-order valence-electron chi connectivity index (χ2n) is 3.54. The number of carbonyl (C=O) groups is 2. The average molecular weight is 271 g/mol. The normalized spacial score (nSPS) is 9.89. The van der Waals surface area contributed by atoms with Crippen LogP contribution in [0.5, 0.6) is 0 Å². The third-order valence-electron chi connectivity index (χ3n) is 2.22. The minimum atomic E-state index is -0.592. The van der Waals surface area contributed by atoms with E-state index in [0.717, 1.165) is 5.56 Å². The summed E-state index contributed by atoms with van der Waals surface area (Å²) in [4.78, 5) is 22.4. The number of nitrogens with one attached hydrogen (secondary N) is 2. The van der Waals surface area contributed by atoms with Crippen LogP contribution in [0.1, 0.15) is 5.56 Å². The molecule has 0 aliphatic carbocycles. The number of ether oxygens (including phenoxy) is 1. The number of benzene rings is 1. The summed E-state index contributed by atoms with van der Waals surface area (Å²) in [6.07, 6.45) is 0.677. The van der Waals surface area contributed by atoms with Crippen molar-refractivity contribution in [3.05, 3.63) is 29.8 Å². The van der Waals surface area contributed by atoms with Crippen LogP contribution < -0.4 is 10.6 Å². The molecule has 1 aromatic rings. The number of anilines is 1. The van der Waals surface area contributed by atoms with E-state index in [-0.39, 0.29) is 5.88 Å². The van der Waals surface area contributed by atoms with E-state index in [1.54, 1.807) is 19.2 Å². The number of para-hydroxylation sites is 1. The Kier molecular flexibility index (Phi) is 6.18. The molecular weight excluding hydrogens is 256 g/mol. The summed E-state index contributed by atoms with van der Waals surface area (Å²) in [6, 6.07) is 6.73. The van der Waals surface area contributed by atoms with Crippen LogP contribution in [-0.4, -0.2) is 31.5 Å². The number of hydrogen-bond acceptors (Lipinski definition) is 3. The Balaban J connectivity index is 2.65. The van der Waals surface area contributed by atoms with Crippen molar-refractivity contribution in [3.63, 3.8) is 0 Å². The van der Waals surface area contributed by atoms with E-state index in [1.165, 1.54) is 0 Å². The average Bonchev–Trinajstić information content (AvgIpc) is 2.37. The molecular formula is C12H15ClN2O3. The van der Waals surface area contributed by atoms with Crippen molar-refractivity contribution in [3.8, 4) is 0 Å². The summed E-state index contributed by atoms with van der Waals surface area (Å²) in [5.74, 6) is -0.790. The van der Waals surface area contributed by atoms with E-state index in [2.05, 4.69) is 10.6 Å². The summed E-state index contributed by atoms with van der Waals surface area (Å²) in [6.45, 7) is 0.556. The van der Waals surface area contributed by atoms with Gasteiger partial charge in [0.2, 0.25) is 5.91 Å². The summed E-state index contributed by atoms with van der Waals surface area (Å²) in [7, 11) is 1.61. The first-order valence-electron chi connectivity index (χ1n) is 5.41. The minimum Gasteiger partial charge on any atom is -0.384 e. The maximum absolute atomic E-state index is 11.5. The lowest BCUT2D eigenvalue weighted by molar-refractivity contribution is -0.117. The van der Waals surface area contributed by atoms with Crippen LogP contribution in [-0.2, 0) is 16.0 Å². The molecule has 6 heteroatoms. The Bertz CT molecular complexity index is 424. The highest BCUT2D eigenvalue weighted by Crippen LogP contribution is 2.15. The van der Waals surface area contributed by atoms with Gasteiger partial charge in [0.15, 0.2) is 0 Å². The first-order chi connectivity index (χ1) is 8.67. The molecule has 0 spiro atoms. The molecule has 0 radical (unpaired) electrons. The Morgan fingerprint density at radius 3 is 2.72 bits per heavy atom. The minimum absolute atomic E-state index is 0.251. The van der Waals surface area contributed by atoms with Gasteiger partial charge < -0.3 is 10.1 Å². The van der Waals surface area contributed by atoms with E-state index in [4.69, 9.17) is 16.3 Å². The monoisotopic (exact) mass is 270 g/mol. The quantitative estimate of drug-likeness (QED) is 0.801. The van der Waals surface area contributed by atoms with E-state index < -0.39 is 11.9 Å². The first kappa shape index (κ1) is 14.5. The lowest BCUT2D eigenvalue weighted by Crippen LogP contribution is -2.35. The lowest BCUT2D eigenvalue weighted by Gasteiger charge is -2.10. The topological polar surface area (TPSA) is 67.4 Å². The van der Waals surface area contributed by atoms with Gasteiger partial charge >= 0.3 is 6.03 Å². The number of methoxy groups -OCH3 is 1.